The van der Waals surface area contributed by atoms with Crippen LogP contribution in [0.5, 0.6) is 5.75 Å². The van der Waals surface area contributed by atoms with Crippen LogP contribution in [0.4, 0.5) is 5.69 Å². The van der Waals surface area contributed by atoms with E-state index in [1.807, 2.05) is 54.6 Å². The number of nitrogens with zero attached hydrogens (tertiary/aromatic N) is 4. The van der Waals surface area contributed by atoms with Crippen LogP contribution in [0.1, 0.15) is 23.0 Å². The SMILES string of the molecule is COc1ccc(CO[C@@H]2[C@H](N=[N+]=[N-])[C@H](OCCc3ccc([N+](=O)[O-])cc3)O[C@@H]3COC(c4ccccc4)O[C@@H]23)cc1. The van der Waals surface area contributed by atoms with Crippen molar-refractivity contribution in [1.82, 2.24) is 0 Å². The number of ether oxygens (including phenoxy) is 6. The molecule has 214 valence electrons. The number of rotatable bonds is 11. The molecule has 3 aromatic carbocycles. The van der Waals surface area contributed by atoms with Gasteiger partial charge in [-0.3, -0.25) is 10.1 Å². The molecule has 0 radical (unpaired) electrons. The van der Waals surface area contributed by atoms with Crippen molar-refractivity contribution in [2.75, 3.05) is 20.3 Å². The molecule has 12 heteroatoms. The van der Waals surface area contributed by atoms with E-state index in [0.717, 1.165) is 22.4 Å². The third kappa shape index (κ3) is 7.01. The summed E-state index contributed by atoms with van der Waals surface area (Å²) in [5, 5.41) is 15.0. The van der Waals surface area contributed by atoms with Crippen molar-refractivity contribution in [2.45, 2.75) is 50.0 Å². The number of hydrogen-bond donors (Lipinski definition) is 0. The van der Waals surface area contributed by atoms with Crippen LogP contribution in [0.25, 0.3) is 10.4 Å². The first-order valence-corrected chi connectivity index (χ1v) is 13.2. The maximum absolute atomic E-state index is 10.9. The zero-order valence-corrected chi connectivity index (χ0v) is 22.4. The highest BCUT2D eigenvalue weighted by atomic mass is 16.7. The molecule has 2 fully saturated rings. The molecule has 2 saturated heterocycles. The van der Waals surface area contributed by atoms with Crippen LogP contribution in [0.15, 0.2) is 84.0 Å². The number of non-ortho nitro benzene ring substituents is 1. The van der Waals surface area contributed by atoms with Gasteiger partial charge in [0.1, 0.15) is 30.1 Å². The number of nitro benzene ring substituents is 1. The molecule has 0 bridgehead atoms. The lowest BCUT2D eigenvalue weighted by Crippen LogP contribution is -2.62. The largest absolute Gasteiger partial charge is 0.497 e. The number of fused-ring (bicyclic) bond motifs is 1. The minimum Gasteiger partial charge on any atom is -0.497 e. The van der Waals surface area contributed by atoms with Gasteiger partial charge in [-0.15, -0.1) is 0 Å². The highest BCUT2D eigenvalue weighted by Gasteiger charge is 2.51. The molecule has 0 spiro atoms. The van der Waals surface area contributed by atoms with Gasteiger partial charge < -0.3 is 28.4 Å². The fraction of sp³-hybridized carbons (Fsp3) is 0.379. The second-order valence-electron chi connectivity index (χ2n) is 9.58. The van der Waals surface area contributed by atoms with Gasteiger partial charge in [0, 0.05) is 22.6 Å². The predicted molar refractivity (Wildman–Crippen MR) is 146 cm³/mol. The standard InChI is InChI=1S/C29H30N4O8/c1-36-23-13-9-20(10-14-23)17-38-27-25(31-32-30)29(37-16-15-19-7-11-22(12-8-19)33(34)35)40-24-18-39-28(41-26(24)27)21-5-3-2-4-6-21/h2-14,24-29H,15-18H2,1H3/t24-,25+,26-,27-,28?,29-/m1/s1. The Balaban J connectivity index is 1.33. The van der Waals surface area contributed by atoms with Gasteiger partial charge in [-0.2, -0.15) is 0 Å². The second kappa shape index (κ2) is 13.6. The Morgan fingerprint density at radius 3 is 2.41 bits per heavy atom. The average molecular weight is 563 g/mol. The fourth-order valence-electron chi connectivity index (χ4n) is 4.84. The van der Waals surface area contributed by atoms with E-state index >= 15 is 0 Å². The number of hydrogen-bond acceptors (Lipinski definition) is 9. The molecule has 0 aromatic heterocycles. The van der Waals surface area contributed by atoms with E-state index in [0.29, 0.717) is 6.42 Å². The van der Waals surface area contributed by atoms with Gasteiger partial charge in [-0.05, 0) is 35.2 Å². The Morgan fingerprint density at radius 1 is 1.00 bits per heavy atom. The topological polar surface area (TPSA) is 147 Å². The minimum atomic E-state index is -0.924. The number of nitro groups is 1. The lowest BCUT2D eigenvalue weighted by Gasteiger charge is -2.48. The van der Waals surface area contributed by atoms with Crippen molar-refractivity contribution < 1.29 is 33.3 Å². The Hall–Kier alpha value is -4.03. The highest BCUT2D eigenvalue weighted by Crippen LogP contribution is 2.37. The lowest BCUT2D eigenvalue weighted by molar-refractivity contribution is -0.384. The van der Waals surface area contributed by atoms with Crippen LogP contribution < -0.4 is 4.74 Å². The zero-order chi connectivity index (χ0) is 28.6. The normalized spacial score (nSPS) is 25.5. The Morgan fingerprint density at radius 2 is 1.73 bits per heavy atom. The molecule has 6 atom stereocenters. The minimum absolute atomic E-state index is 0.0164. The molecular weight excluding hydrogens is 532 g/mol. The molecule has 2 aliphatic rings. The Bertz CT molecular complexity index is 1340. The van der Waals surface area contributed by atoms with Gasteiger partial charge in [0.25, 0.3) is 5.69 Å². The van der Waals surface area contributed by atoms with Crippen molar-refractivity contribution in [3.8, 4) is 5.75 Å². The summed E-state index contributed by atoms with van der Waals surface area (Å²) in [6, 6.07) is 22.4. The van der Waals surface area contributed by atoms with Crippen LogP contribution in [0.3, 0.4) is 0 Å². The van der Waals surface area contributed by atoms with Crippen LogP contribution in [-0.2, 0) is 36.7 Å². The molecule has 5 rings (SSSR count). The van der Waals surface area contributed by atoms with E-state index in [9.17, 15) is 15.6 Å². The van der Waals surface area contributed by atoms with E-state index in [1.54, 1.807) is 19.2 Å². The van der Waals surface area contributed by atoms with Gasteiger partial charge in [0.05, 0.1) is 31.9 Å². The maximum atomic E-state index is 10.9. The van der Waals surface area contributed by atoms with Crippen molar-refractivity contribution in [3.05, 3.63) is 116 Å². The number of benzene rings is 3. The summed E-state index contributed by atoms with van der Waals surface area (Å²) in [7, 11) is 1.60. The lowest BCUT2D eigenvalue weighted by atomic mass is 9.96. The van der Waals surface area contributed by atoms with E-state index in [1.165, 1.54) is 12.1 Å². The summed E-state index contributed by atoms with van der Waals surface area (Å²) in [4.78, 5) is 13.6. The maximum Gasteiger partial charge on any atom is 0.269 e. The Labute approximate surface area is 236 Å². The molecule has 0 saturated carbocycles. The molecular formula is C29H30N4O8. The second-order valence-corrected chi connectivity index (χ2v) is 9.58. The first kappa shape index (κ1) is 28.5. The van der Waals surface area contributed by atoms with Crippen LogP contribution in [0.2, 0.25) is 0 Å². The Kier molecular flexibility index (Phi) is 9.42. The fourth-order valence-corrected chi connectivity index (χ4v) is 4.84. The van der Waals surface area contributed by atoms with E-state index in [4.69, 9.17) is 28.4 Å². The molecule has 2 aliphatic heterocycles. The first-order chi connectivity index (χ1) is 20.1. The summed E-state index contributed by atoms with van der Waals surface area (Å²) < 4.78 is 36.3. The smallest absolute Gasteiger partial charge is 0.269 e. The number of azide groups is 1. The molecule has 0 N–H and O–H groups in total. The highest BCUT2D eigenvalue weighted by molar-refractivity contribution is 5.33. The van der Waals surface area contributed by atoms with Crippen LogP contribution >= 0.6 is 0 Å². The monoisotopic (exact) mass is 562 g/mol. The van der Waals surface area contributed by atoms with Crippen molar-refractivity contribution >= 4 is 5.69 Å². The van der Waals surface area contributed by atoms with Gasteiger partial charge in [0.15, 0.2) is 12.6 Å². The van der Waals surface area contributed by atoms with Crippen LogP contribution in [0, 0.1) is 10.1 Å². The van der Waals surface area contributed by atoms with E-state index in [-0.39, 0.29) is 25.5 Å². The average Bonchev–Trinajstić information content (AvgIpc) is 3.01. The summed E-state index contributed by atoms with van der Waals surface area (Å²) in [5.74, 6) is 0.729. The van der Waals surface area contributed by atoms with Gasteiger partial charge in [-0.25, -0.2) is 0 Å². The van der Waals surface area contributed by atoms with Gasteiger partial charge in [-0.1, -0.05) is 59.7 Å². The predicted octanol–water partition coefficient (Wildman–Crippen LogP) is 5.27. The zero-order valence-electron chi connectivity index (χ0n) is 22.4. The molecule has 2 heterocycles. The van der Waals surface area contributed by atoms with Gasteiger partial charge >= 0.3 is 0 Å². The molecule has 0 aliphatic carbocycles. The first-order valence-electron chi connectivity index (χ1n) is 13.2. The third-order valence-electron chi connectivity index (χ3n) is 6.99. The molecule has 3 aromatic rings. The van der Waals surface area contributed by atoms with Crippen LogP contribution in [-0.4, -0.2) is 55.9 Å². The van der Waals surface area contributed by atoms with Crippen molar-refractivity contribution in [3.63, 3.8) is 0 Å². The van der Waals surface area contributed by atoms with Crippen molar-refractivity contribution in [2.24, 2.45) is 5.11 Å². The quantitative estimate of drug-likeness (QED) is 0.101. The molecule has 1 unspecified atom stereocenters. The van der Waals surface area contributed by atoms with Gasteiger partial charge in [0.2, 0.25) is 0 Å². The van der Waals surface area contributed by atoms with E-state index < -0.39 is 41.9 Å². The van der Waals surface area contributed by atoms with Crippen molar-refractivity contribution in [1.29, 1.82) is 0 Å². The summed E-state index contributed by atoms with van der Waals surface area (Å²) in [6.45, 7) is 0.666. The summed E-state index contributed by atoms with van der Waals surface area (Å²) in [5.41, 5.74) is 12.1. The molecule has 41 heavy (non-hydrogen) atoms. The van der Waals surface area contributed by atoms with E-state index in [2.05, 4.69) is 10.0 Å². The number of methoxy groups -OCH3 is 1. The third-order valence-corrected chi connectivity index (χ3v) is 6.99. The molecule has 0 amide bonds. The summed E-state index contributed by atoms with van der Waals surface area (Å²) in [6.07, 6.45) is -2.94. The molecule has 12 nitrogen and oxygen atoms in total. The summed E-state index contributed by atoms with van der Waals surface area (Å²) >= 11 is 0.